The van der Waals surface area contributed by atoms with Crippen molar-refractivity contribution in [2.75, 3.05) is 26.8 Å². The Morgan fingerprint density at radius 1 is 1.18 bits per heavy atom. The highest BCUT2D eigenvalue weighted by atomic mass is 16.5. The van der Waals surface area contributed by atoms with E-state index >= 15 is 0 Å². The van der Waals surface area contributed by atoms with Gasteiger partial charge in [0, 0.05) is 32.3 Å². The number of hydrogen-bond acceptors (Lipinski definition) is 3. The molecule has 0 spiro atoms. The van der Waals surface area contributed by atoms with Crippen LogP contribution in [-0.4, -0.2) is 43.8 Å². The SMILES string of the molecule is COCCN(CC(C)C)C(C(C)N)C(C)(C)C. The number of methoxy groups -OCH3 is 1. The van der Waals surface area contributed by atoms with Gasteiger partial charge in [0.05, 0.1) is 6.61 Å². The van der Waals surface area contributed by atoms with E-state index in [9.17, 15) is 0 Å². The Morgan fingerprint density at radius 2 is 1.71 bits per heavy atom. The maximum absolute atomic E-state index is 6.19. The second-order valence-electron chi connectivity index (χ2n) is 6.55. The number of nitrogens with zero attached hydrogens (tertiary/aromatic N) is 1. The van der Waals surface area contributed by atoms with E-state index in [0.29, 0.717) is 12.0 Å². The fourth-order valence-corrected chi connectivity index (χ4v) is 2.69. The number of ether oxygens (including phenoxy) is 1. The predicted molar refractivity (Wildman–Crippen MR) is 75.2 cm³/mol. The molecular weight excluding hydrogens is 212 g/mol. The average molecular weight is 244 g/mol. The van der Waals surface area contributed by atoms with Gasteiger partial charge >= 0.3 is 0 Å². The molecule has 104 valence electrons. The number of hydrogen-bond donors (Lipinski definition) is 1. The van der Waals surface area contributed by atoms with E-state index in [1.54, 1.807) is 7.11 Å². The Hall–Kier alpha value is -0.120. The van der Waals surface area contributed by atoms with E-state index in [1.807, 2.05) is 0 Å². The summed E-state index contributed by atoms with van der Waals surface area (Å²) in [5.41, 5.74) is 6.38. The van der Waals surface area contributed by atoms with Crippen LogP contribution in [0, 0.1) is 11.3 Å². The third kappa shape index (κ3) is 6.39. The van der Waals surface area contributed by atoms with E-state index < -0.39 is 0 Å². The second-order valence-corrected chi connectivity index (χ2v) is 6.55. The van der Waals surface area contributed by atoms with Gasteiger partial charge in [0.15, 0.2) is 0 Å². The minimum Gasteiger partial charge on any atom is -0.383 e. The van der Waals surface area contributed by atoms with E-state index in [1.165, 1.54) is 0 Å². The largest absolute Gasteiger partial charge is 0.383 e. The van der Waals surface area contributed by atoms with Crippen LogP contribution in [0.1, 0.15) is 41.5 Å². The molecule has 0 aliphatic carbocycles. The van der Waals surface area contributed by atoms with Crippen molar-refractivity contribution in [1.29, 1.82) is 0 Å². The smallest absolute Gasteiger partial charge is 0.0589 e. The van der Waals surface area contributed by atoms with E-state index in [0.717, 1.165) is 19.7 Å². The molecule has 0 aromatic carbocycles. The highest BCUT2D eigenvalue weighted by molar-refractivity contribution is 4.89. The van der Waals surface area contributed by atoms with Crippen molar-refractivity contribution in [3.63, 3.8) is 0 Å². The molecule has 2 atom stereocenters. The quantitative estimate of drug-likeness (QED) is 0.747. The Labute approximate surface area is 108 Å². The lowest BCUT2D eigenvalue weighted by Gasteiger charge is -2.43. The van der Waals surface area contributed by atoms with E-state index in [-0.39, 0.29) is 11.5 Å². The van der Waals surface area contributed by atoms with Crippen molar-refractivity contribution in [3.05, 3.63) is 0 Å². The standard InChI is InChI=1S/C14H32N2O/c1-11(2)10-16(8-9-17-7)13(12(3)15)14(4,5)6/h11-13H,8-10,15H2,1-7H3. The van der Waals surface area contributed by atoms with Crippen molar-refractivity contribution in [3.8, 4) is 0 Å². The zero-order valence-corrected chi connectivity index (χ0v) is 12.8. The van der Waals surface area contributed by atoms with Gasteiger partial charge in [-0.15, -0.1) is 0 Å². The molecule has 0 aromatic rings. The van der Waals surface area contributed by atoms with Crippen LogP contribution in [0.4, 0.5) is 0 Å². The van der Waals surface area contributed by atoms with Crippen LogP contribution in [0.25, 0.3) is 0 Å². The van der Waals surface area contributed by atoms with Gasteiger partial charge in [0.2, 0.25) is 0 Å². The average Bonchev–Trinajstić information content (AvgIpc) is 2.10. The summed E-state index contributed by atoms with van der Waals surface area (Å²) in [5, 5.41) is 0. The lowest BCUT2D eigenvalue weighted by atomic mass is 9.81. The summed E-state index contributed by atoms with van der Waals surface area (Å²) in [6.07, 6.45) is 0. The first-order chi connectivity index (χ1) is 7.70. The number of rotatable bonds is 7. The minimum absolute atomic E-state index is 0.172. The molecule has 0 fully saturated rings. The normalized spacial score (nSPS) is 16.6. The molecule has 0 heterocycles. The zero-order chi connectivity index (χ0) is 13.6. The first-order valence-corrected chi connectivity index (χ1v) is 6.68. The maximum Gasteiger partial charge on any atom is 0.0589 e. The van der Waals surface area contributed by atoms with Crippen LogP contribution in [0.5, 0.6) is 0 Å². The van der Waals surface area contributed by atoms with Crippen LogP contribution < -0.4 is 5.73 Å². The highest BCUT2D eigenvalue weighted by Gasteiger charge is 2.33. The lowest BCUT2D eigenvalue weighted by Crippen LogP contribution is -2.55. The molecule has 0 bridgehead atoms. The molecule has 3 heteroatoms. The van der Waals surface area contributed by atoms with E-state index in [4.69, 9.17) is 10.5 Å². The van der Waals surface area contributed by atoms with Gasteiger partial charge < -0.3 is 10.5 Å². The van der Waals surface area contributed by atoms with Crippen LogP contribution in [-0.2, 0) is 4.74 Å². The fourth-order valence-electron chi connectivity index (χ4n) is 2.69. The molecule has 0 saturated heterocycles. The summed E-state index contributed by atoms with van der Waals surface area (Å²) >= 11 is 0. The van der Waals surface area contributed by atoms with Crippen LogP contribution in [0.15, 0.2) is 0 Å². The summed E-state index contributed by atoms with van der Waals surface area (Å²) in [6.45, 7) is 16.2. The van der Waals surface area contributed by atoms with Gasteiger partial charge in [-0.1, -0.05) is 34.6 Å². The molecule has 0 aliphatic rings. The molecule has 3 nitrogen and oxygen atoms in total. The van der Waals surface area contributed by atoms with Gasteiger partial charge in [0.1, 0.15) is 0 Å². The summed E-state index contributed by atoms with van der Waals surface area (Å²) < 4.78 is 5.21. The monoisotopic (exact) mass is 244 g/mol. The Morgan fingerprint density at radius 3 is 2.00 bits per heavy atom. The molecule has 0 saturated carbocycles. The Balaban J connectivity index is 4.80. The summed E-state index contributed by atoms with van der Waals surface area (Å²) in [7, 11) is 1.76. The molecular formula is C14H32N2O. The van der Waals surface area contributed by atoms with Crippen molar-refractivity contribution in [2.24, 2.45) is 17.1 Å². The molecule has 0 aromatic heterocycles. The first-order valence-electron chi connectivity index (χ1n) is 6.68. The molecule has 0 amide bonds. The third-order valence-corrected chi connectivity index (χ3v) is 2.96. The zero-order valence-electron chi connectivity index (χ0n) is 12.8. The summed E-state index contributed by atoms with van der Waals surface area (Å²) in [5.74, 6) is 0.649. The number of nitrogens with two attached hydrogens (primary N) is 1. The third-order valence-electron chi connectivity index (χ3n) is 2.96. The molecule has 0 aliphatic heterocycles. The maximum atomic E-state index is 6.19. The van der Waals surface area contributed by atoms with Crippen LogP contribution >= 0.6 is 0 Å². The van der Waals surface area contributed by atoms with Crippen molar-refractivity contribution in [1.82, 2.24) is 4.90 Å². The predicted octanol–water partition coefficient (Wildman–Crippen LogP) is 2.35. The van der Waals surface area contributed by atoms with Gasteiger partial charge in [-0.25, -0.2) is 0 Å². The Kier molecular flexibility index (Phi) is 7.29. The van der Waals surface area contributed by atoms with E-state index in [2.05, 4.69) is 46.4 Å². The van der Waals surface area contributed by atoms with Crippen molar-refractivity contribution < 1.29 is 4.74 Å². The van der Waals surface area contributed by atoms with Crippen molar-refractivity contribution in [2.45, 2.75) is 53.6 Å². The molecule has 2 unspecified atom stereocenters. The van der Waals surface area contributed by atoms with Crippen molar-refractivity contribution >= 4 is 0 Å². The van der Waals surface area contributed by atoms with Crippen LogP contribution in [0.2, 0.25) is 0 Å². The van der Waals surface area contributed by atoms with Crippen LogP contribution in [0.3, 0.4) is 0 Å². The second kappa shape index (κ2) is 7.34. The highest BCUT2D eigenvalue weighted by Crippen LogP contribution is 2.27. The minimum atomic E-state index is 0.172. The van der Waals surface area contributed by atoms with Gasteiger partial charge in [-0.3, -0.25) is 4.90 Å². The summed E-state index contributed by atoms with van der Waals surface area (Å²) in [6, 6.07) is 0.561. The molecule has 2 N–H and O–H groups in total. The fraction of sp³-hybridized carbons (Fsp3) is 1.00. The topological polar surface area (TPSA) is 38.5 Å². The molecule has 0 radical (unpaired) electrons. The van der Waals surface area contributed by atoms with Gasteiger partial charge in [-0.05, 0) is 18.3 Å². The first kappa shape index (κ1) is 16.9. The molecule has 0 rings (SSSR count). The van der Waals surface area contributed by atoms with Gasteiger partial charge in [-0.2, -0.15) is 0 Å². The molecule has 17 heavy (non-hydrogen) atoms. The van der Waals surface area contributed by atoms with Gasteiger partial charge in [0.25, 0.3) is 0 Å². The lowest BCUT2D eigenvalue weighted by molar-refractivity contribution is 0.0468. The summed E-state index contributed by atoms with van der Waals surface area (Å²) in [4.78, 5) is 2.48. The Bertz CT molecular complexity index is 197.